The molecule has 1 heterocycles. The highest BCUT2D eigenvalue weighted by Crippen LogP contribution is 2.44. The number of hydrogen-bond acceptors (Lipinski definition) is 5. The Kier molecular flexibility index (Phi) is 4.94. The summed E-state index contributed by atoms with van der Waals surface area (Å²) in [6, 6.07) is 1.91. The number of hydrogen-bond donors (Lipinski definition) is 0. The number of fused-ring (bicyclic) bond motifs is 1. The van der Waals surface area contributed by atoms with Gasteiger partial charge in [0.15, 0.2) is 11.5 Å². The van der Waals surface area contributed by atoms with Gasteiger partial charge in [-0.2, -0.15) is 0 Å². The third-order valence-electron chi connectivity index (χ3n) is 4.51. The van der Waals surface area contributed by atoms with Crippen LogP contribution in [0.1, 0.15) is 17.5 Å². The third-order valence-corrected chi connectivity index (χ3v) is 4.51. The number of ether oxygens (including phenoxy) is 4. The molecule has 0 atom stereocenters. The zero-order valence-corrected chi connectivity index (χ0v) is 14.4. The molecular weight excluding hydrogens is 310 g/mol. The molecule has 1 aliphatic heterocycles. The largest absolute Gasteiger partial charge is 0.493 e. The van der Waals surface area contributed by atoms with Crippen molar-refractivity contribution in [3.63, 3.8) is 0 Å². The van der Waals surface area contributed by atoms with E-state index in [1.807, 2.05) is 17.0 Å². The maximum Gasteiger partial charge on any atom is 0.249 e. The van der Waals surface area contributed by atoms with E-state index in [9.17, 15) is 4.79 Å². The highest BCUT2D eigenvalue weighted by molar-refractivity contribution is 5.99. The molecule has 1 fully saturated rings. The van der Waals surface area contributed by atoms with Crippen LogP contribution in [0, 0.1) is 0 Å². The fourth-order valence-corrected chi connectivity index (χ4v) is 3.28. The predicted octanol–water partition coefficient (Wildman–Crippen LogP) is 1.90. The molecule has 0 spiro atoms. The van der Waals surface area contributed by atoms with Crippen molar-refractivity contribution >= 4 is 12.0 Å². The van der Waals surface area contributed by atoms with Gasteiger partial charge in [-0.25, -0.2) is 0 Å². The van der Waals surface area contributed by atoms with Crippen molar-refractivity contribution in [1.82, 2.24) is 4.90 Å². The van der Waals surface area contributed by atoms with Crippen LogP contribution in [-0.2, 0) is 16.0 Å². The Morgan fingerprint density at radius 2 is 1.75 bits per heavy atom. The Morgan fingerprint density at radius 3 is 2.38 bits per heavy atom. The van der Waals surface area contributed by atoms with E-state index < -0.39 is 0 Å². The SMILES string of the molecule is COc1cc2c(c(OC)c1OC)CCC(C(=O)N1CCOCC1)=C2. The van der Waals surface area contributed by atoms with Crippen molar-refractivity contribution in [3.8, 4) is 17.2 Å². The summed E-state index contributed by atoms with van der Waals surface area (Å²) in [6.07, 6.45) is 3.37. The molecule has 3 rings (SSSR count). The van der Waals surface area contributed by atoms with E-state index in [-0.39, 0.29) is 5.91 Å². The van der Waals surface area contributed by atoms with E-state index in [0.29, 0.717) is 50.0 Å². The van der Waals surface area contributed by atoms with Crippen LogP contribution >= 0.6 is 0 Å². The van der Waals surface area contributed by atoms with Gasteiger partial charge in [0.05, 0.1) is 34.5 Å². The second-order valence-electron chi connectivity index (χ2n) is 5.79. The first-order chi connectivity index (χ1) is 11.7. The summed E-state index contributed by atoms with van der Waals surface area (Å²) in [7, 11) is 4.81. The summed E-state index contributed by atoms with van der Waals surface area (Å²) < 4.78 is 21.7. The zero-order valence-electron chi connectivity index (χ0n) is 14.4. The standard InChI is InChI=1S/C18H23NO5/c1-21-15-11-13-10-12(18(20)19-6-8-24-9-7-19)4-5-14(13)16(22-2)17(15)23-3/h10-11H,4-9H2,1-3H3. The highest BCUT2D eigenvalue weighted by Gasteiger charge is 2.27. The molecule has 0 bridgehead atoms. The second kappa shape index (κ2) is 7.13. The molecule has 0 unspecified atom stereocenters. The molecule has 1 aromatic rings. The van der Waals surface area contributed by atoms with Crippen molar-refractivity contribution in [2.24, 2.45) is 0 Å². The minimum atomic E-state index is 0.0951. The number of carbonyl (C=O) groups excluding carboxylic acids is 1. The quantitative estimate of drug-likeness (QED) is 0.842. The summed E-state index contributed by atoms with van der Waals surface area (Å²) in [6.45, 7) is 2.51. The number of methoxy groups -OCH3 is 3. The first-order valence-corrected chi connectivity index (χ1v) is 8.09. The van der Waals surface area contributed by atoms with Gasteiger partial charge < -0.3 is 23.8 Å². The lowest BCUT2D eigenvalue weighted by Gasteiger charge is -2.29. The Labute approximate surface area is 141 Å². The molecular formula is C18H23NO5. The van der Waals surface area contributed by atoms with E-state index in [2.05, 4.69) is 0 Å². The predicted molar refractivity (Wildman–Crippen MR) is 89.8 cm³/mol. The summed E-state index contributed by atoms with van der Waals surface area (Å²) in [5.74, 6) is 1.97. The Hall–Kier alpha value is -2.21. The first kappa shape index (κ1) is 16.6. The molecule has 6 heteroatoms. The molecule has 0 saturated carbocycles. The highest BCUT2D eigenvalue weighted by atomic mass is 16.5. The van der Waals surface area contributed by atoms with Crippen LogP contribution in [0.25, 0.3) is 6.08 Å². The van der Waals surface area contributed by atoms with Crippen molar-refractivity contribution < 1.29 is 23.7 Å². The maximum atomic E-state index is 12.7. The fraction of sp³-hybridized carbons (Fsp3) is 0.500. The molecule has 0 N–H and O–H groups in total. The smallest absolute Gasteiger partial charge is 0.249 e. The second-order valence-corrected chi connectivity index (χ2v) is 5.79. The van der Waals surface area contributed by atoms with E-state index >= 15 is 0 Å². The first-order valence-electron chi connectivity index (χ1n) is 8.09. The van der Waals surface area contributed by atoms with Gasteiger partial charge in [-0.05, 0) is 30.5 Å². The Bertz CT molecular complexity index is 662. The Balaban J connectivity index is 1.97. The fourth-order valence-electron chi connectivity index (χ4n) is 3.28. The van der Waals surface area contributed by atoms with Crippen LogP contribution in [-0.4, -0.2) is 58.4 Å². The summed E-state index contributed by atoms with van der Waals surface area (Å²) in [5, 5.41) is 0. The van der Waals surface area contributed by atoms with Gasteiger partial charge in [-0.1, -0.05) is 0 Å². The van der Waals surface area contributed by atoms with Gasteiger partial charge in [0.1, 0.15) is 0 Å². The summed E-state index contributed by atoms with van der Waals surface area (Å²) >= 11 is 0. The summed E-state index contributed by atoms with van der Waals surface area (Å²) in [5.41, 5.74) is 2.82. The minimum Gasteiger partial charge on any atom is -0.493 e. The number of amides is 1. The number of rotatable bonds is 4. The molecule has 130 valence electrons. The van der Waals surface area contributed by atoms with Gasteiger partial charge in [0.25, 0.3) is 0 Å². The number of carbonyl (C=O) groups is 1. The topological polar surface area (TPSA) is 57.2 Å². The average Bonchev–Trinajstić information content (AvgIpc) is 2.65. The van der Waals surface area contributed by atoms with Crippen LogP contribution in [0.5, 0.6) is 17.2 Å². The maximum absolute atomic E-state index is 12.7. The van der Waals surface area contributed by atoms with Crippen LogP contribution in [0.15, 0.2) is 11.6 Å². The third kappa shape index (κ3) is 2.94. The molecule has 1 aliphatic carbocycles. The molecule has 0 radical (unpaired) electrons. The number of nitrogens with zero attached hydrogens (tertiary/aromatic N) is 1. The van der Waals surface area contributed by atoms with Crippen LogP contribution in [0.2, 0.25) is 0 Å². The van der Waals surface area contributed by atoms with Crippen LogP contribution in [0.4, 0.5) is 0 Å². The van der Waals surface area contributed by atoms with Crippen LogP contribution < -0.4 is 14.2 Å². The van der Waals surface area contributed by atoms with Crippen molar-refractivity contribution in [2.45, 2.75) is 12.8 Å². The summed E-state index contributed by atoms with van der Waals surface area (Å²) in [4.78, 5) is 14.6. The van der Waals surface area contributed by atoms with E-state index in [1.165, 1.54) is 0 Å². The molecule has 0 aromatic heterocycles. The minimum absolute atomic E-state index is 0.0951. The van der Waals surface area contributed by atoms with E-state index in [1.54, 1.807) is 21.3 Å². The zero-order chi connectivity index (χ0) is 17.1. The van der Waals surface area contributed by atoms with Gasteiger partial charge in [-0.15, -0.1) is 0 Å². The normalized spacial score (nSPS) is 17.0. The lowest BCUT2D eigenvalue weighted by molar-refractivity contribution is -0.131. The Morgan fingerprint density at radius 1 is 1.04 bits per heavy atom. The molecule has 2 aliphatic rings. The lowest BCUT2D eigenvalue weighted by Crippen LogP contribution is -2.41. The van der Waals surface area contributed by atoms with E-state index in [0.717, 1.165) is 23.1 Å². The lowest BCUT2D eigenvalue weighted by atomic mass is 9.90. The molecule has 24 heavy (non-hydrogen) atoms. The molecule has 1 aromatic carbocycles. The van der Waals surface area contributed by atoms with Gasteiger partial charge >= 0.3 is 0 Å². The molecule has 1 amide bonds. The van der Waals surface area contributed by atoms with Gasteiger partial charge in [0.2, 0.25) is 11.7 Å². The van der Waals surface area contributed by atoms with Crippen molar-refractivity contribution in [3.05, 3.63) is 22.8 Å². The number of benzene rings is 1. The van der Waals surface area contributed by atoms with E-state index in [4.69, 9.17) is 18.9 Å². The van der Waals surface area contributed by atoms with Crippen molar-refractivity contribution in [2.75, 3.05) is 47.6 Å². The monoisotopic (exact) mass is 333 g/mol. The van der Waals surface area contributed by atoms with Crippen LogP contribution in [0.3, 0.4) is 0 Å². The number of morpholine rings is 1. The average molecular weight is 333 g/mol. The van der Waals surface area contributed by atoms with Crippen molar-refractivity contribution in [1.29, 1.82) is 0 Å². The molecule has 1 saturated heterocycles. The van der Waals surface area contributed by atoms with Gasteiger partial charge in [-0.3, -0.25) is 4.79 Å². The van der Waals surface area contributed by atoms with Gasteiger partial charge in [0, 0.05) is 24.2 Å². The molecule has 6 nitrogen and oxygen atoms in total.